The summed E-state index contributed by atoms with van der Waals surface area (Å²) in [5.41, 5.74) is 0. The van der Waals surface area contributed by atoms with Crippen LogP contribution in [0.25, 0.3) is 6.08 Å². The third-order valence-electron chi connectivity index (χ3n) is 2.96. The molecule has 1 unspecified atom stereocenters. The normalized spacial score (nSPS) is 16.7. The highest BCUT2D eigenvalue weighted by Crippen LogP contribution is 2.30. The van der Waals surface area contributed by atoms with Crippen molar-refractivity contribution in [3.05, 3.63) is 52.9 Å². The van der Waals surface area contributed by atoms with Gasteiger partial charge in [0.2, 0.25) is 0 Å². The van der Waals surface area contributed by atoms with Gasteiger partial charge in [0.15, 0.2) is 22.3 Å². The number of benzene rings is 1. The maximum Gasteiger partial charge on any atom is 0.331 e. The fourth-order valence-electron chi connectivity index (χ4n) is 1.94. The first-order valence-electron chi connectivity index (χ1n) is 6.69. The van der Waals surface area contributed by atoms with Gasteiger partial charge < -0.3 is 18.6 Å². The SMILES string of the molecule is O=C(C=Cc1ccc(Br)o1)OCC1COc2ccccc2O1. The number of rotatable bonds is 4. The number of esters is 1. The number of ether oxygens (including phenoxy) is 3. The monoisotopic (exact) mass is 364 g/mol. The molecule has 2 heterocycles. The van der Waals surface area contributed by atoms with E-state index in [0.29, 0.717) is 28.5 Å². The molecule has 22 heavy (non-hydrogen) atoms. The molecule has 1 aromatic carbocycles. The van der Waals surface area contributed by atoms with Gasteiger partial charge in [-0.3, -0.25) is 0 Å². The first-order chi connectivity index (χ1) is 10.7. The van der Waals surface area contributed by atoms with Crippen LogP contribution in [0.4, 0.5) is 0 Å². The molecule has 1 atom stereocenters. The fraction of sp³-hybridized carbons (Fsp3) is 0.188. The first kappa shape index (κ1) is 14.7. The fourth-order valence-corrected chi connectivity index (χ4v) is 2.26. The zero-order valence-corrected chi connectivity index (χ0v) is 13.1. The molecule has 0 saturated carbocycles. The van der Waals surface area contributed by atoms with Gasteiger partial charge in [0, 0.05) is 6.08 Å². The third kappa shape index (κ3) is 3.71. The lowest BCUT2D eigenvalue weighted by molar-refractivity contribution is -0.140. The summed E-state index contributed by atoms with van der Waals surface area (Å²) in [5.74, 6) is 1.46. The Balaban J connectivity index is 1.49. The van der Waals surface area contributed by atoms with E-state index >= 15 is 0 Å². The topological polar surface area (TPSA) is 57.9 Å². The zero-order chi connectivity index (χ0) is 15.4. The van der Waals surface area contributed by atoms with Crippen molar-refractivity contribution in [3.8, 4) is 11.5 Å². The number of carbonyl (C=O) groups excluding carboxylic acids is 1. The van der Waals surface area contributed by atoms with E-state index in [2.05, 4.69) is 15.9 Å². The maximum atomic E-state index is 11.7. The number of para-hydroxylation sites is 2. The van der Waals surface area contributed by atoms with Crippen molar-refractivity contribution < 1.29 is 23.4 Å². The van der Waals surface area contributed by atoms with E-state index in [1.165, 1.54) is 6.08 Å². The lowest BCUT2D eigenvalue weighted by Crippen LogP contribution is -2.34. The lowest BCUT2D eigenvalue weighted by atomic mass is 10.3. The predicted octanol–water partition coefficient (Wildman–Crippen LogP) is 3.44. The molecule has 114 valence electrons. The van der Waals surface area contributed by atoms with E-state index in [-0.39, 0.29) is 12.7 Å². The summed E-state index contributed by atoms with van der Waals surface area (Å²) in [5, 5.41) is 0. The largest absolute Gasteiger partial charge is 0.486 e. The molecular formula is C16H13BrO5. The molecule has 0 spiro atoms. The summed E-state index contributed by atoms with van der Waals surface area (Å²) in [7, 11) is 0. The van der Waals surface area contributed by atoms with Crippen LogP contribution in [0, 0.1) is 0 Å². The Morgan fingerprint density at radius 2 is 2.09 bits per heavy atom. The zero-order valence-electron chi connectivity index (χ0n) is 11.5. The molecular weight excluding hydrogens is 352 g/mol. The Bertz CT molecular complexity index is 691. The Labute approximate surface area is 135 Å². The van der Waals surface area contributed by atoms with E-state index in [4.69, 9.17) is 18.6 Å². The van der Waals surface area contributed by atoms with Crippen LogP contribution in [0.5, 0.6) is 11.5 Å². The van der Waals surface area contributed by atoms with Crippen LogP contribution in [0.3, 0.4) is 0 Å². The van der Waals surface area contributed by atoms with Crippen LogP contribution in [0.1, 0.15) is 5.76 Å². The van der Waals surface area contributed by atoms with Gasteiger partial charge in [-0.15, -0.1) is 0 Å². The summed E-state index contributed by atoms with van der Waals surface area (Å²) in [6, 6.07) is 10.9. The van der Waals surface area contributed by atoms with E-state index in [1.807, 2.05) is 24.3 Å². The summed E-state index contributed by atoms with van der Waals surface area (Å²) in [4.78, 5) is 11.7. The van der Waals surface area contributed by atoms with E-state index in [1.54, 1.807) is 18.2 Å². The molecule has 1 aliphatic rings. The number of furan rings is 1. The quantitative estimate of drug-likeness (QED) is 0.614. The van der Waals surface area contributed by atoms with Crippen LogP contribution >= 0.6 is 15.9 Å². The van der Waals surface area contributed by atoms with Gasteiger partial charge in [-0.25, -0.2) is 4.79 Å². The number of hydrogen-bond donors (Lipinski definition) is 0. The molecule has 5 nitrogen and oxygen atoms in total. The van der Waals surface area contributed by atoms with Crippen molar-refractivity contribution in [1.82, 2.24) is 0 Å². The molecule has 1 aliphatic heterocycles. The van der Waals surface area contributed by atoms with Crippen LogP contribution < -0.4 is 9.47 Å². The Kier molecular flexibility index (Phi) is 4.48. The molecule has 3 rings (SSSR count). The highest BCUT2D eigenvalue weighted by atomic mass is 79.9. The van der Waals surface area contributed by atoms with Gasteiger partial charge >= 0.3 is 5.97 Å². The summed E-state index contributed by atoms with van der Waals surface area (Å²) in [6.45, 7) is 0.471. The number of carbonyl (C=O) groups is 1. The molecule has 1 aromatic heterocycles. The van der Waals surface area contributed by atoms with E-state index < -0.39 is 5.97 Å². The average molecular weight is 365 g/mol. The molecule has 2 aromatic rings. The summed E-state index contributed by atoms with van der Waals surface area (Å²) < 4.78 is 22.2. The lowest BCUT2D eigenvalue weighted by Gasteiger charge is -2.25. The molecule has 0 N–H and O–H groups in total. The van der Waals surface area contributed by atoms with Gasteiger partial charge in [-0.2, -0.15) is 0 Å². The molecule has 0 amide bonds. The predicted molar refractivity (Wildman–Crippen MR) is 82.8 cm³/mol. The molecule has 6 heteroatoms. The van der Waals surface area contributed by atoms with E-state index in [0.717, 1.165) is 0 Å². The minimum absolute atomic E-state index is 0.124. The minimum Gasteiger partial charge on any atom is -0.486 e. The number of hydrogen-bond acceptors (Lipinski definition) is 5. The van der Waals surface area contributed by atoms with Crippen molar-refractivity contribution in [2.24, 2.45) is 0 Å². The summed E-state index contributed by atoms with van der Waals surface area (Å²) >= 11 is 3.19. The smallest absolute Gasteiger partial charge is 0.331 e. The highest BCUT2D eigenvalue weighted by Gasteiger charge is 2.21. The van der Waals surface area contributed by atoms with Crippen LogP contribution in [-0.4, -0.2) is 25.3 Å². The van der Waals surface area contributed by atoms with Gasteiger partial charge in [0.05, 0.1) is 0 Å². The third-order valence-corrected chi connectivity index (χ3v) is 3.38. The number of halogens is 1. The van der Waals surface area contributed by atoms with Gasteiger partial charge in [0.25, 0.3) is 0 Å². The maximum absolute atomic E-state index is 11.7. The van der Waals surface area contributed by atoms with Crippen molar-refractivity contribution in [2.75, 3.05) is 13.2 Å². The van der Waals surface area contributed by atoms with Gasteiger partial charge in [-0.1, -0.05) is 12.1 Å². The van der Waals surface area contributed by atoms with Crippen LogP contribution in [0.2, 0.25) is 0 Å². The second-order valence-electron chi connectivity index (χ2n) is 4.60. The van der Waals surface area contributed by atoms with Crippen molar-refractivity contribution in [3.63, 3.8) is 0 Å². The van der Waals surface area contributed by atoms with E-state index in [9.17, 15) is 4.79 Å². The molecule has 0 bridgehead atoms. The van der Waals surface area contributed by atoms with Crippen molar-refractivity contribution in [2.45, 2.75) is 6.10 Å². The Morgan fingerprint density at radius 3 is 2.86 bits per heavy atom. The van der Waals surface area contributed by atoms with Gasteiger partial charge in [-0.05, 0) is 46.3 Å². The summed E-state index contributed by atoms with van der Waals surface area (Å²) in [6.07, 6.45) is 2.54. The molecule has 0 aliphatic carbocycles. The second kappa shape index (κ2) is 6.70. The first-order valence-corrected chi connectivity index (χ1v) is 7.48. The molecule has 0 saturated heterocycles. The average Bonchev–Trinajstić information content (AvgIpc) is 2.96. The van der Waals surface area contributed by atoms with Crippen LogP contribution in [-0.2, 0) is 9.53 Å². The standard InChI is InChI=1S/C16H13BrO5/c17-15-7-5-11(22-15)6-8-16(18)20-10-12-9-19-13-3-1-2-4-14(13)21-12/h1-8,12H,9-10H2. The molecule has 0 fully saturated rings. The second-order valence-corrected chi connectivity index (χ2v) is 5.38. The van der Waals surface area contributed by atoms with Crippen molar-refractivity contribution >= 4 is 28.0 Å². The highest BCUT2D eigenvalue weighted by molar-refractivity contribution is 9.10. The van der Waals surface area contributed by atoms with Crippen LogP contribution in [0.15, 0.2) is 51.6 Å². The number of fused-ring (bicyclic) bond motifs is 1. The molecule has 0 radical (unpaired) electrons. The minimum atomic E-state index is -0.463. The Hall–Kier alpha value is -2.21. The van der Waals surface area contributed by atoms with Crippen molar-refractivity contribution in [1.29, 1.82) is 0 Å². The van der Waals surface area contributed by atoms with Gasteiger partial charge in [0.1, 0.15) is 19.0 Å². The Morgan fingerprint density at radius 1 is 1.27 bits per heavy atom.